The normalized spacial score (nSPS) is 10.4. The number of ether oxygens (including phenoxy) is 4. The highest BCUT2D eigenvalue weighted by molar-refractivity contribution is 5.93. The topological polar surface area (TPSA) is 105 Å². The van der Waals surface area contributed by atoms with Gasteiger partial charge in [-0.3, -0.25) is 0 Å². The second-order valence-electron chi connectivity index (χ2n) is 4.03. The van der Waals surface area contributed by atoms with Crippen LogP contribution in [0, 0.1) is 0 Å². The van der Waals surface area contributed by atoms with Crippen molar-refractivity contribution >= 4 is 23.9 Å². The lowest BCUT2D eigenvalue weighted by Crippen LogP contribution is -2.07. The van der Waals surface area contributed by atoms with Gasteiger partial charge in [-0.05, 0) is 24.3 Å². The second kappa shape index (κ2) is 9.57. The van der Waals surface area contributed by atoms with Crippen molar-refractivity contribution in [2.45, 2.75) is 0 Å². The third-order valence-electron chi connectivity index (χ3n) is 2.37. The molecule has 0 heterocycles. The van der Waals surface area contributed by atoms with Gasteiger partial charge in [0.05, 0.1) is 14.2 Å². The Bertz CT molecular complexity index is 611. The van der Waals surface area contributed by atoms with Crippen LogP contribution in [0.5, 0.6) is 11.5 Å². The molecule has 0 saturated carbocycles. The lowest BCUT2D eigenvalue weighted by molar-refractivity contribution is -0.136. The molecule has 8 nitrogen and oxygen atoms in total. The molecule has 24 heavy (non-hydrogen) atoms. The van der Waals surface area contributed by atoms with Gasteiger partial charge in [-0.25, -0.2) is 19.2 Å². The fourth-order valence-corrected chi connectivity index (χ4v) is 1.28. The number of esters is 4. The summed E-state index contributed by atoms with van der Waals surface area (Å²) >= 11 is 0. The molecular formula is C16H14O8. The van der Waals surface area contributed by atoms with Crippen LogP contribution in [0.2, 0.25) is 0 Å². The number of hydrogen-bond acceptors (Lipinski definition) is 8. The summed E-state index contributed by atoms with van der Waals surface area (Å²) in [7, 11) is 2.36. The SMILES string of the molecule is COC(=O)/C=C\C(=O)Oc1ccc(OC(=O)/C=C/C(=O)OC)cc1. The van der Waals surface area contributed by atoms with Crippen molar-refractivity contribution in [2.24, 2.45) is 0 Å². The van der Waals surface area contributed by atoms with Gasteiger partial charge in [0.1, 0.15) is 11.5 Å². The number of rotatable bonds is 6. The van der Waals surface area contributed by atoms with E-state index in [1.54, 1.807) is 0 Å². The summed E-state index contributed by atoms with van der Waals surface area (Å²) in [6.45, 7) is 0. The summed E-state index contributed by atoms with van der Waals surface area (Å²) in [5.74, 6) is -2.56. The van der Waals surface area contributed by atoms with Crippen LogP contribution >= 0.6 is 0 Å². The molecule has 1 rings (SSSR count). The van der Waals surface area contributed by atoms with E-state index in [0.29, 0.717) is 0 Å². The average molecular weight is 334 g/mol. The van der Waals surface area contributed by atoms with Crippen molar-refractivity contribution in [3.63, 3.8) is 0 Å². The van der Waals surface area contributed by atoms with Crippen LogP contribution in [0.3, 0.4) is 0 Å². The Morgan fingerprint density at radius 2 is 0.917 bits per heavy atom. The third kappa shape index (κ3) is 7.03. The molecule has 126 valence electrons. The van der Waals surface area contributed by atoms with Crippen LogP contribution in [-0.2, 0) is 28.7 Å². The Balaban J connectivity index is 2.57. The summed E-state index contributed by atoms with van der Waals surface area (Å²) < 4.78 is 18.5. The lowest BCUT2D eigenvalue weighted by atomic mass is 10.3. The van der Waals surface area contributed by atoms with Crippen LogP contribution in [-0.4, -0.2) is 38.1 Å². The smallest absolute Gasteiger partial charge is 0.336 e. The van der Waals surface area contributed by atoms with Gasteiger partial charge >= 0.3 is 23.9 Å². The highest BCUT2D eigenvalue weighted by atomic mass is 16.5. The number of carbonyl (C=O) groups is 4. The zero-order valence-electron chi connectivity index (χ0n) is 12.9. The van der Waals surface area contributed by atoms with Crippen molar-refractivity contribution in [1.29, 1.82) is 0 Å². The molecule has 0 radical (unpaired) electrons. The fourth-order valence-electron chi connectivity index (χ4n) is 1.28. The van der Waals surface area contributed by atoms with Crippen molar-refractivity contribution < 1.29 is 38.1 Å². The van der Waals surface area contributed by atoms with Gasteiger partial charge in [0.2, 0.25) is 0 Å². The molecular weight excluding hydrogens is 320 g/mol. The molecule has 0 spiro atoms. The van der Waals surface area contributed by atoms with E-state index in [4.69, 9.17) is 9.47 Å². The van der Waals surface area contributed by atoms with Crippen LogP contribution in [0.25, 0.3) is 0 Å². The van der Waals surface area contributed by atoms with Crippen molar-refractivity contribution in [3.8, 4) is 11.5 Å². The fraction of sp³-hybridized carbons (Fsp3) is 0.125. The average Bonchev–Trinajstić information content (AvgIpc) is 2.59. The zero-order chi connectivity index (χ0) is 17.9. The molecule has 0 amide bonds. The maximum Gasteiger partial charge on any atom is 0.336 e. The van der Waals surface area contributed by atoms with E-state index in [-0.39, 0.29) is 11.5 Å². The van der Waals surface area contributed by atoms with E-state index in [1.165, 1.54) is 38.5 Å². The first-order chi connectivity index (χ1) is 11.4. The van der Waals surface area contributed by atoms with Gasteiger partial charge in [-0.2, -0.15) is 0 Å². The maximum atomic E-state index is 11.4. The summed E-state index contributed by atoms with van der Waals surface area (Å²) in [4.78, 5) is 44.5. The summed E-state index contributed by atoms with van der Waals surface area (Å²) in [6, 6.07) is 5.54. The Morgan fingerprint density at radius 1 is 0.625 bits per heavy atom. The Kier molecular flexibility index (Phi) is 7.43. The Morgan fingerprint density at radius 3 is 1.21 bits per heavy atom. The molecule has 0 aliphatic rings. The largest absolute Gasteiger partial charge is 0.466 e. The first-order valence-electron chi connectivity index (χ1n) is 6.50. The third-order valence-corrected chi connectivity index (χ3v) is 2.37. The Labute approximate surface area is 137 Å². The predicted molar refractivity (Wildman–Crippen MR) is 80.0 cm³/mol. The van der Waals surface area contributed by atoms with Crippen molar-refractivity contribution in [1.82, 2.24) is 0 Å². The van der Waals surface area contributed by atoms with Gasteiger partial charge in [-0.15, -0.1) is 0 Å². The number of hydrogen-bond donors (Lipinski definition) is 0. The van der Waals surface area contributed by atoms with E-state index in [0.717, 1.165) is 24.3 Å². The van der Waals surface area contributed by atoms with E-state index in [2.05, 4.69) is 9.47 Å². The minimum absolute atomic E-state index is 0.180. The minimum Gasteiger partial charge on any atom is -0.466 e. The second-order valence-corrected chi connectivity index (χ2v) is 4.03. The molecule has 0 atom stereocenters. The molecule has 0 fully saturated rings. The molecule has 1 aromatic carbocycles. The number of methoxy groups -OCH3 is 2. The first-order valence-corrected chi connectivity index (χ1v) is 6.50. The highest BCUT2D eigenvalue weighted by Gasteiger charge is 2.05. The van der Waals surface area contributed by atoms with Crippen LogP contribution in [0.1, 0.15) is 0 Å². The number of carbonyl (C=O) groups excluding carboxylic acids is 4. The molecule has 1 aromatic rings. The quantitative estimate of drug-likeness (QED) is 0.430. The minimum atomic E-state index is -0.772. The first kappa shape index (κ1) is 18.6. The van der Waals surface area contributed by atoms with E-state index < -0.39 is 23.9 Å². The molecule has 0 aliphatic carbocycles. The summed E-state index contributed by atoms with van der Waals surface area (Å²) in [6.07, 6.45) is 3.67. The Hall–Kier alpha value is -3.42. The van der Waals surface area contributed by atoms with Crippen molar-refractivity contribution in [3.05, 3.63) is 48.6 Å². The van der Waals surface area contributed by atoms with Crippen molar-refractivity contribution in [2.75, 3.05) is 14.2 Å². The maximum absolute atomic E-state index is 11.4. The lowest BCUT2D eigenvalue weighted by Gasteiger charge is -2.04. The molecule has 0 aliphatic heterocycles. The van der Waals surface area contributed by atoms with E-state index in [1.807, 2.05) is 0 Å². The monoisotopic (exact) mass is 334 g/mol. The molecule has 0 unspecified atom stereocenters. The van der Waals surface area contributed by atoms with Gasteiger partial charge in [0.25, 0.3) is 0 Å². The summed E-state index contributed by atoms with van der Waals surface area (Å²) in [5.41, 5.74) is 0. The van der Waals surface area contributed by atoms with Crippen LogP contribution in [0.15, 0.2) is 48.6 Å². The number of benzene rings is 1. The zero-order valence-corrected chi connectivity index (χ0v) is 12.9. The molecule has 0 aromatic heterocycles. The molecule has 0 saturated heterocycles. The van der Waals surface area contributed by atoms with Gasteiger partial charge < -0.3 is 18.9 Å². The van der Waals surface area contributed by atoms with E-state index >= 15 is 0 Å². The van der Waals surface area contributed by atoms with Gasteiger partial charge in [0, 0.05) is 24.3 Å². The van der Waals surface area contributed by atoms with Gasteiger partial charge in [0.15, 0.2) is 0 Å². The molecule has 0 bridgehead atoms. The highest BCUT2D eigenvalue weighted by Crippen LogP contribution is 2.18. The molecule has 0 N–H and O–H groups in total. The molecule has 8 heteroatoms. The predicted octanol–water partition coefficient (Wildman–Crippen LogP) is 0.956. The van der Waals surface area contributed by atoms with Gasteiger partial charge in [-0.1, -0.05) is 0 Å². The summed E-state index contributed by atoms with van der Waals surface area (Å²) in [5, 5.41) is 0. The van der Waals surface area contributed by atoms with E-state index in [9.17, 15) is 19.2 Å². The van der Waals surface area contributed by atoms with Crippen LogP contribution in [0.4, 0.5) is 0 Å². The standard InChI is InChI=1S/C16H14O8/c1-21-13(17)7-9-15(19)23-11-3-5-12(6-4-11)24-16(20)10-8-14(18)22-2/h3-10H,1-2H3/b9-7-,10-8+. The van der Waals surface area contributed by atoms with Crippen LogP contribution < -0.4 is 9.47 Å².